The molecule has 0 radical (unpaired) electrons. The van der Waals surface area contributed by atoms with Crippen LogP contribution in [0.15, 0.2) is 42.5 Å². The average molecular weight is 257 g/mol. The molecule has 0 aliphatic heterocycles. The van der Waals surface area contributed by atoms with E-state index in [1.165, 1.54) is 5.56 Å². The quantitative estimate of drug-likeness (QED) is 0.823. The Morgan fingerprint density at radius 3 is 2.63 bits per heavy atom. The maximum atomic E-state index is 12.1. The van der Waals surface area contributed by atoms with E-state index >= 15 is 0 Å². The number of hydrogen-bond acceptors (Lipinski definition) is 1. The molecule has 1 aliphatic rings. The number of carbonyl (C=O) groups is 1. The van der Waals surface area contributed by atoms with Gasteiger partial charge in [0.15, 0.2) is 0 Å². The van der Waals surface area contributed by atoms with E-state index in [0.717, 1.165) is 19.3 Å². The number of amides is 1. The van der Waals surface area contributed by atoms with E-state index in [1.807, 2.05) is 18.2 Å². The average Bonchev–Trinajstić information content (AvgIpc) is 2.47. The largest absolute Gasteiger partial charge is 0.355 e. The summed E-state index contributed by atoms with van der Waals surface area (Å²) >= 11 is 0. The highest BCUT2D eigenvalue weighted by Crippen LogP contribution is 2.23. The van der Waals surface area contributed by atoms with Crippen molar-refractivity contribution in [3.05, 3.63) is 48.0 Å². The Morgan fingerprint density at radius 1 is 1.26 bits per heavy atom. The summed E-state index contributed by atoms with van der Waals surface area (Å²) in [6.45, 7) is 5.03. The fourth-order valence-corrected chi connectivity index (χ4v) is 2.48. The Labute approximate surface area is 115 Å². The number of benzene rings is 1. The standard InChI is InChI=1S/C17H23NO/c1-17(2,15-11-7-4-8-12-15)13-18-16(19)14-9-5-3-6-10-14/h3-5,7-8,11-12,14H,6,9-10,13H2,1-2H3,(H,18,19). The van der Waals surface area contributed by atoms with E-state index in [9.17, 15) is 4.79 Å². The first-order valence-corrected chi connectivity index (χ1v) is 7.08. The fraction of sp³-hybridized carbons (Fsp3) is 0.471. The third-order valence-electron chi connectivity index (χ3n) is 3.90. The van der Waals surface area contributed by atoms with Gasteiger partial charge in [-0.2, -0.15) is 0 Å². The molecular formula is C17H23NO. The second kappa shape index (κ2) is 6.05. The Hall–Kier alpha value is -1.57. The first kappa shape index (κ1) is 13.9. The van der Waals surface area contributed by atoms with Crippen molar-refractivity contribution in [1.29, 1.82) is 0 Å². The topological polar surface area (TPSA) is 29.1 Å². The molecule has 1 aromatic carbocycles. The SMILES string of the molecule is CC(C)(CNC(=O)C1CC=CCC1)c1ccccc1. The van der Waals surface area contributed by atoms with Gasteiger partial charge in [-0.15, -0.1) is 0 Å². The number of allylic oxidation sites excluding steroid dienone is 2. The van der Waals surface area contributed by atoms with Gasteiger partial charge in [-0.25, -0.2) is 0 Å². The summed E-state index contributed by atoms with van der Waals surface area (Å²) in [5, 5.41) is 3.12. The summed E-state index contributed by atoms with van der Waals surface area (Å²) in [6, 6.07) is 10.4. The monoisotopic (exact) mass is 257 g/mol. The smallest absolute Gasteiger partial charge is 0.223 e. The molecule has 1 atom stereocenters. The summed E-state index contributed by atoms with van der Waals surface area (Å²) in [7, 11) is 0. The molecule has 0 saturated heterocycles. The van der Waals surface area contributed by atoms with Crippen LogP contribution in [0.2, 0.25) is 0 Å². The minimum absolute atomic E-state index is 0.0264. The molecule has 0 heterocycles. The van der Waals surface area contributed by atoms with Gasteiger partial charge >= 0.3 is 0 Å². The van der Waals surface area contributed by atoms with Gasteiger partial charge in [0.2, 0.25) is 5.91 Å². The van der Waals surface area contributed by atoms with Gasteiger partial charge in [0.05, 0.1) is 0 Å². The third kappa shape index (κ3) is 3.69. The van der Waals surface area contributed by atoms with Crippen molar-refractivity contribution in [2.75, 3.05) is 6.54 Å². The zero-order chi connectivity index (χ0) is 13.7. The van der Waals surface area contributed by atoms with E-state index < -0.39 is 0 Å². The van der Waals surface area contributed by atoms with Crippen molar-refractivity contribution < 1.29 is 4.79 Å². The number of carbonyl (C=O) groups excluding carboxylic acids is 1. The molecule has 0 saturated carbocycles. The molecule has 2 nitrogen and oxygen atoms in total. The van der Waals surface area contributed by atoms with Crippen molar-refractivity contribution >= 4 is 5.91 Å². The number of nitrogens with one attached hydrogen (secondary N) is 1. The summed E-state index contributed by atoms with van der Waals surface area (Å²) in [5.74, 6) is 0.366. The molecular weight excluding hydrogens is 234 g/mol. The van der Waals surface area contributed by atoms with E-state index in [0.29, 0.717) is 6.54 Å². The van der Waals surface area contributed by atoms with Gasteiger partial charge < -0.3 is 5.32 Å². The van der Waals surface area contributed by atoms with Gasteiger partial charge in [-0.3, -0.25) is 4.79 Å². The molecule has 2 rings (SSSR count). The van der Waals surface area contributed by atoms with E-state index in [4.69, 9.17) is 0 Å². The van der Waals surface area contributed by atoms with Crippen LogP contribution in [0.1, 0.15) is 38.7 Å². The molecule has 1 aliphatic carbocycles. The molecule has 1 N–H and O–H groups in total. The second-order valence-electron chi connectivity index (χ2n) is 5.95. The molecule has 102 valence electrons. The molecule has 1 aromatic rings. The van der Waals surface area contributed by atoms with Gasteiger partial charge in [0.1, 0.15) is 0 Å². The molecule has 1 unspecified atom stereocenters. The van der Waals surface area contributed by atoms with Crippen LogP contribution < -0.4 is 5.32 Å². The molecule has 19 heavy (non-hydrogen) atoms. The number of hydrogen-bond donors (Lipinski definition) is 1. The van der Waals surface area contributed by atoms with Crippen LogP contribution in [0.3, 0.4) is 0 Å². The van der Waals surface area contributed by atoms with E-state index in [1.54, 1.807) is 0 Å². The van der Waals surface area contributed by atoms with Gasteiger partial charge in [0.25, 0.3) is 0 Å². The fourth-order valence-electron chi connectivity index (χ4n) is 2.48. The minimum Gasteiger partial charge on any atom is -0.355 e. The summed E-state index contributed by atoms with van der Waals surface area (Å²) in [6.07, 6.45) is 7.18. The molecule has 0 fully saturated rings. The predicted octanol–water partition coefficient (Wildman–Crippen LogP) is 3.44. The Balaban J connectivity index is 1.90. The van der Waals surface area contributed by atoms with Gasteiger partial charge in [-0.1, -0.05) is 56.3 Å². The predicted molar refractivity (Wildman–Crippen MR) is 79.0 cm³/mol. The Bertz CT molecular complexity index is 448. The Kier molecular flexibility index (Phi) is 4.41. The van der Waals surface area contributed by atoms with Crippen LogP contribution in [0.25, 0.3) is 0 Å². The summed E-state index contributed by atoms with van der Waals surface area (Å²) in [4.78, 5) is 12.1. The maximum Gasteiger partial charge on any atom is 0.223 e. The zero-order valence-corrected chi connectivity index (χ0v) is 11.9. The van der Waals surface area contributed by atoms with Crippen molar-refractivity contribution in [2.24, 2.45) is 5.92 Å². The van der Waals surface area contributed by atoms with E-state index in [-0.39, 0.29) is 17.2 Å². The summed E-state index contributed by atoms with van der Waals surface area (Å²) in [5.41, 5.74) is 1.24. The van der Waals surface area contributed by atoms with Crippen LogP contribution in [-0.2, 0) is 10.2 Å². The van der Waals surface area contributed by atoms with Crippen molar-refractivity contribution in [3.63, 3.8) is 0 Å². The van der Waals surface area contributed by atoms with Crippen LogP contribution in [0, 0.1) is 5.92 Å². The van der Waals surface area contributed by atoms with Crippen LogP contribution in [0.4, 0.5) is 0 Å². The molecule has 0 bridgehead atoms. The van der Waals surface area contributed by atoms with Crippen LogP contribution in [-0.4, -0.2) is 12.5 Å². The minimum atomic E-state index is -0.0264. The Morgan fingerprint density at radius 2 is 2.00 bits per heavy atom. The molecule has 0 spiro atoms. The van der Waals surface area contributed by atoms with Gasteiger partial charge in [-0.05, 0) is 24.8 Å². The lowest BCUT2D eigenvalue weighted by Crippen LogP contribution is -2.39. The van der Waals surface area contributed by atoms with Crippen LogP contribution >= 0.6 is 0 Å². The summed E-state index contributed by atoms with van der Waals surface area (Å²) < 4.78 is 0. The molecule has 0 aromatic heterocycles. The normalized spacial score (nSPS) is 19.2. The van der Waals surface area contributed by atoms with Crippen LogP contribution in [0.5, 0.6) is 0 Å². The molecule has 1 amide bonds. The highest BCUT2D eigenvalue weighted by atomic mass is 16.1. The lowest BCUT2D eigenvalue weighted by molar-refractivity contribution is -0.125. The van der Waals surface area contributed by atoms with Crippen molar-refractivity contribution in [3.8, 4) is 0 Å². The van der Waals surface area contributed by atoms with Crippen molar-refractivity contribution in [2.45, 2.75) is 38.5 Å². The van der Waals surface area contributed by atoms with Gasteiger partial charge in [0, 0.05) is 17.9 Å². The highest BCUT2D eigenvalue weighted by molar-refractivity contribution is 5.79. The first-order chi connectivity index (χ1) is 9.09. The third-order valence-corrected chi connectivity index (χ3v) is 3.90. The lowest BCUT2D eigenvalue weighted by atomic mass is 9.84. The van der Waals surface area contributed by atoms with E-state index in [2.05, 4.69) is 43.4 Å². The first-order valence-electron chi connectivity index (χ1n) is 7.08. The molecule has 2 heteroatoms. The maximum absolute atomic E-state index is 12.1. The number of rotatable bonds is 4. The lowest BCUT2D eigenvalue weighted by Gasteiger charge is -2.27. The zero-order valence-electron chi connectivity index (χ0n) is 11.9. The van der Waals surface area contributed by atoms with Crippen molar-refractivity contribution in [1.82, 2.24) is 5.32 Å². The second-order valence-corrected chi connectivity index (χ2v) is 5.95. The highest BCUT2D eigenvalue weighted by Gasteiger charge is 2.24.